The Morgan fingerprint density at radius 2 is 1.91 bits per heavy atom. The van der Waals surface area contributed by atoms with E-state index in [1.807, 2.05) is 6.92 Å². The summed E-state index contributed by atoms with van der Waals surface area (Å²) in [4.78, 5) is 13.0. The molecule has 12 heteroatoms. The van der Waals surface area contributed by atoms with E-state index >= 15 is 0 Å². The third-order valence-electron chi connectivity index (χ3n) is 4.50. The van der Waals surface area contributed by atoms with Crippen molar-refractivity contribution in [2.45, 2.75) is 30.0 Å². The Labute approximate surface area is 212 Å². The Hall–Kier alpha value is -2.34. The van der Waals surface area contributed by atoms with Gasteiger partial charge in [-0.2, -0.15) is 0 Å². The largest absolute Gasteiger partial charge is 0.495 e. The van der Waals surface area contributed by atoms with E-state index in [0.29, 0.717) is 16.1 Å². The first-order valence-corrected chi connectivity index (χ1v) is 13.9. The van der Waals surface area contributed by atoms with Crippen LogP contribution in [0.4, 0.5) is 10.8 Å². The van der Waals surface area contributed by atoms with Crippen molar-refractivity contribution < 1.29 is 17.9 Å². The number of nitrogens with one attached hydrogen (secondary N) is 1. The highest BCUT2D eigenvalue weighted by molar-refractivity contribution is 8.01. The average Bonchev–Trinajstić information content (AvgIpc) is 3.23. The number of rotatable bonds is 10. The van der Waals surface area contributed by atoms with E-state index in [2.05, 4.69) is 29.4 Å². The number of halogens is 1. The zero-order valence-electron chi connectivity index (χ0n) is 19.1. The summed E-state index contributed by atoms with van der Waals surface area (Å²) < 4.78 is 34.2. The Kier molecular flexibility index (Phi) is 8.80. The van der Waals surface area contributed by atoms with E-state index in [1.165, 1.54) is 36.6 Å². The van der Waals surface area contributed by atoms with E-state index < -0.39 is 22.5 Å². The van der Waals surface area contributed by atoms with Crippen LogP contribution >= 0.6 is 34.7 Å². The van der Waals surface area contributed by atoms with E-state index in [0.717, 1.165) is 20.0 Å². The van der Waals surface area contributed by atoms with Gasteiger partial charge in [0.1, 0.15) is 12.3 Å². The molecule has 0 aliphatic rings. The monoisotopic (exact) mass is 540 g/mol. The summed E-state index contributed by atoms with van der Waals surface area (Å²) in [6.07, 6.45) is 0. The number of sulfonamides is 1. The molecule has 0 saturated carbocycles. The predicted molar refractivity (Wildman–Crippen MR) is 138 cm³/mol. The van der Waals surface area contributed by atoms with Crippen molar-refractivity contribution in [3.8, 4) is 5.75 Å². The van der Waals surface area contributed by atoms with Gasteiger partial charge < -0.3 is 4.74 Å². The number of carbonyl (C=O) groups excluding carboxylic acids is 1. The number of amides is 1. The van der Waals surface area contributed by atoms with E-state index in [4.69, 9.17) is 16.3 Å². The maximum atomic E-state index is 13.6. The standard InChI is InChI=1S/C22H25ClN4O4S3/c1-14(2)13-32-22-26-25-21(33-22)24-20(28)12-27(18-11-16(23)7-10-19(18)31-4)34(29,30)17-8-5-15(3)6-9-17/h5-11,14H,12-13H2,1-4H3,(H,24,25,28). The van der Waals surface area contributed by atoms with Gasteiger partial charge in [-0.3, -0.25) is 14.4 Å². The third kappa shape index (κ3) is 6.62. The topological polar surface area (TPSA) is 101 Å². The normalized spacial score (nSPS) is 11.5. The second kappa shape index (κ2) is 11.4. The van der Waals surface area contributed by atoms with E-state index in [-0.39, 0.29) is 16.3 Å². The zero-order valence-corrected chi connectivity index (χ0v) is 22.3. The molecule has 34 heavy (non-hydrogen) atoms. The molecule has 0 spiro atoms. The summed E-state index contributed by atoms with van der Waals surface area (Å²) >= 11 is 8.95. The minimum absolute atomic E-state index is 0.0382. The summed E-state index contributed by atoms with van der Waals surface area (Å²) in [6, 6.07) is 11.0. The molecule has 0 radical (unpaired) electrons. The molecule has 1 amide bonds. The lowest BCUT2D eigenvalue weighted by molar-refractivity contribution is -0.114. The van der Waals surface area contributed by atoms with Gasteiger partial charge in [0.15, 0.2) is 4.34 Å². The summed E-state index contributed by atoms with van der Waals surface area (Å²) in [5.74, 6) is 1.05. The van der Waals surface area contributed by atoms with Crippen LogP contribution in [0.5, 0.6) is 5.75 Å². The highest BCUT2D eigenvalue weighted by Crippen LogP contribution is 2.35. The number of hydrogen-bond acceptors (Lipinski definition) is 8. The molecule has 0 bridgehead atoms. The predicted octanol–water partition coefficient (Wildman–Crippen LogP) is 5.09. The minimum atomic E-state index is -4.12. The summed E-state index contributed by atoms with van der Waals surface area (Å²) in [5, 5.41) is 11.3. The van der Waals surface area contributed by atoms with Crippen molar-refractivity contribution in [1.29, 1.82) is 0 Å². The number of aromatic nitrogens is 2. The number of anilines is 2. The van der Waals surface area contributed by atoms with Crippen LogP contribution in [0.2, 0.25) is 5.02 Å². The van der Waals surface area contributed by atoms with Crippen LogP contribution in [0, 0.1) is 12.8 Å². The first kappa shape index (κ1) is 26.3. The summed E-state index contributed by atoms with van der Waals surface area (Å²) in [7, 11) is -2.71. The molecule has 1 heterocycles. The number of hydrogen-bond donors (Lipinski definition) is 1. The van der Waals surface area contributed by atoms with Crippen LogP contribution in [-0.4, -0.2) is 43.9 Å². The first-order chi connectivity index (χ1) is 16.1. The molecular formula is C22H25ClN4O4S3. The molecule has 3 rings (SSSR count). The van der Waals surface area contributed by atoms with Crippen molar-refractivity contribution >= 4 is 61.4 Å². The van der Waals surface area contributed by atoms with Gasteiger partial charge in [-0.05, 0) is 43.2 Å². The third-order valence-corrected chi connectivity index (χ3v) is 8.91. The van der Waals surface area contributed by atoms with Gasteiger partial charge in [-0.25, -0.2) is 8.42 Å². The Morgan fingerprint density at radius 3 is 2.56 bits per heavy atom. The van der Waals surface area contributed by atoms with Crippen molar-refractivity contribution in [2.24, 2.45) is 5.92 Å². The Balaban J connectivity index is 1.91. The summed E-state index contributed by atoms with van der Waals surface area (Å²) in [5.41, 5.74) is 1.06. The van der Waals surface area contributed by atoms with Crippen LogP contribution in [-0.2, 0) is 14.8 Å². The Morgan fingerprint density at radius 1 is 1.21 bits per heavy atom. The number of carbonyl (C=O) groups is 1. The van der Waals surface area contributed by atoms with Crippen molar-refractivity contribution in [3.05, 3.63) is 53.1 Å². The molecule has 2 aromatic carbocycles. The first-order valence-electron chi connectivity index (χ1n) is 10.3. The lowest BCUT2D eigenvalue weighted by Gasteiger charge is -2.25. The average molecular weight is 541 g/mol. The second-order valence-corrected chi connectivity index (χ2v) is 12.3. The van der Waals surface area contributed by atoms with Crippen LogP contribution in [0.1, 0.15) is 19.4 Å². The number of nitrogens with zero attached hydrogens (tertiary/aromatic N) is 3. The Bertz CT molecular complexity index is 1250. The van der Waals surface area contributed by atoms with Crippen molar-refractivity contribution in [2.75, 3.05) is 29.0 Å². The van der Waals surface area contributed by atoms with E-state index in [9.17, 15) is 13.2 Å². The highest BCUT2D eigenvalue weighted by Gasteiger charge is 2.30. The molecule has 3 aromatic rings. The minimum Gasteiger partial charge on any atom is -0.495 e. The number of thioether (sulfide) groups is 1. The zero-order chi connectivity index (χ0) is 24.9. The molecule has 0 unspecified atom stereocenters. The lowest BCUT2D eigenvalue weighted by Crippen LogP contribution is -2.38. The maximum absolute atomic E-state index is 13.6. The molecular weight excluding hydrogens is 516 g/mol. The molecule has 0 aliphatic carbocycles. The van der Waals surface area contributed by atoms with Gasteiger partial charge in [0.2, 0.25) is 11.0 Å². The van der Waals surface area contributed by atoms with Crippen LogP contribution < -0.4 is 14.4 Å². The molecule has 0 atom stereocenters. The smallest absolute Gasteiger partial charge is 0.264 e. The van der Waals surface area contributed by atoms with Gasteiger partial charge in [-0.15, -0.1) is 10.2 Å². The molecule has 0 saturated heterocycles. The van der Waals surface area contributed by atoms with Gasteiger partial charge in [0.05, 0.1) is 17.7 Å². The molecule has 8 nitrogen and oxygen atoms in total. The lowest BCUT2D eigenvalue weighted by atomic mass is 10.2. The molecule has 0 aliphatic heterocycles. The van der Waals surface area contributed by atoms with Crippen LogP contribution in [0.15, 0.2) is 51.7 Å². The number of aryl methyl sites for hydroxylation is 1. The van der Waals surface area contributed by atoms with E-state index in [1.54, 1.807) is 36.0 Å². The van der Waals surface area contributed by atoms with Gasteiger partial charge in [0.25, 0.3) is 10.0 Å². The number of benzene rings is 2. The number of methoxy groups -OCH3 is 1. The van der Waals surface area contributed by atoms with Crippen molar-refractivity contribution in [1.82, 2.24) is 10.2 Å². The second-order valence-electron chi connectivity index (χ2n) is 7.77. The fourth-order valence-electron chi connectivity index (χ4n) is 2.84. The maximum Gasteiger partial charge on any atom is 0.264 e. The van der Waals surface area contributed by atoms with Gasteiger partial charge in [0, 0.05) is 10.8 Å². The van der Waals surface area contributed by atoms with Crippen LogP contribution in [0.3, 0.4) is 0 Å². The van der Waals surface area contributed by atoms with Crippen LogP contribution in [0.25, 0.3) is 0 Å². The van der Waals surface area contributed by atoms with Gasteiger partial charge >= 0.3 is 0 Å². The summed E-state index contributed by atoms with van der Waals surface area (Å²) in [6.45, 7) is 5.55. The fraction of sp³-hybridized carbons (Fsp3) is 0.318. The molecule has 0 fully saturated rings. The van der Waals surface area contributed by atoms with Gasteiger partial charge in [-0.1, -0.05) is 66.2 Å². The van der Waals surface area contributed by atoms with Crippen molar-refractivity contribution in [3.63, 3.8) is 0 Å². The number of ether oxygens (including phenoxy) is 1. The molecule has 1 aromatic heterocycles. The fourth-order valence-corrected chi connectivity index (χ4v) is 6.18. The highest BCUT2D eigenvalue weighted by atomic mass is 35.5. The quantitative estimate of drug-likeness (QED) is 0.282. The molecule has 1 N–H and O–H groups in total. The molecule has 182 valence electrons. The SMILES string of the molecule is COc1ccc(Cl)cc1N(CC(=O)Nc1nnc(SCC(C)C)s1)S(=O)(=O)c1ccc(C)cc1.